The Bertz CT molecular complexity index is 927. The first-order valence-corrected chi connectivity index (χ1v) is 7.80. The molecule has 1 atom stereocenters. The SMILES string of the molecule is Cc1ccc(C2=Nc3nnnn3C(c3ccc(F)cc3)C2)cc1C. The molecule has 4 rings (SSSR count). The minimum absolute atomic E-state index is 0.0929. The van der Waals surface area contributed by atoms with E-state index in [-0.39, 0.29) is 11.9 Å². The van der Waals surface area contributed by atoms with Gasteiger partial charge >= 0.3 is 0 Å². The monoisotopic (exact) mass is 321 g/mol. The van der Waals surface area contributed by atoms with Crippen LogP contribution < -0.4 is 0 Å². The molecule has 0 fully saturated rings. The number of aromatic nitrogens is 4. The highest BCUT2D eigenvalue weighted by Crippen LogP contribution is 2.32. The lowest BCUT2D eigenvalue weighted by Crippen LogP contribution is -2.21. The van der Waals surface area contributed by atoms with Crippen LogP contribution in [0.3, 0.4) is 0 Å². The molecule has 1 aliphatic rings. The van der Waals surface area contributed by atoms with Crippen LogP contribution in [0.15, 0.2) is 47.5 Å². The Labute approximate surface area is 138 Å². The Balaban J connectivity index is 1.78. The van der Waals surface area contributed by atoms with Crippen LogP contribution in [0.25, 0.3) is 0 Å². The number of hydrogen-bond donors (Lipinski definition) is 0. The molecule has 0 amide bonds. The Hall–Kier alpha value is -2.89. The second-order valence-electron chi connectivity index (χ2n) is 6.05. The number of nitrogens with zero attached hydrogens (tertiary/aromatic N) is 5. The van der Waals surface area contributed by atoms with Gasteiger partial charge in [-0.15, -0.1) is 0 Å². The summed E-state index contributed by atoms with van der Waals surface area (Å²) in [6, 6.07) is 12.7. The molecule has 0 saturated carbocycles. The third-order valence-corrected chi connectivity index (χ3v) is 4.49. The van der Waals surface area contributed by atoms with E-state index < -0.39 is 0 Å². The van der Waals surface area contributed by atoms with Crippen molar-refractivity contribution in [3.8, 4) is 0 Å². The minimum atomic E-state index is -0.255. The van der Waals surface area contributed by atoms with Gasteiger partial charge < -0.3 is 0 Å². The van der Waals surface area contributed by atoms with Gasteiger partial charge in [0.15, 0.2) is 0 Å². The second kappa shape index (κ2) is 5.63. The molecule has 0 N–H and O–H groups in total. The molecule has 120 valence electrons. The van der Waals surface area contributed by atoms with Crippen molar-refractivity contribution < 1.29 is 4.39 Å². The van der Waals surface area contributed by atoms with Crippen LogP contribution >= 0.6 is 0 Å². The molecule has 2 aromatic carbocycles. The third kappa shape index (κ3) is 2.50. The Kier molecular flexibility index (Phi) is 3.45. The highest BCUT2D eigenvalue weighted by Gasteiger charge is 2.27. The van der Waals surface area contributed by atoms with Crippen LogP contribution in [0.2, 0.25) is 0 Å². The number of hydrogen-bond acceptors (Lipinski definition) is 4. The maximum atomic E-state index is 13.2. The molecule has 24 heavy (non-hydrogen) atoms. The molecule has 6 heteroatoms. The number of tetrazole rings is 1. The van der Waals surface area contributed by atoms with Crippen molar-refractivity contribution in [1.82, 2.24) is 20.2 Å². The lowest BCUT2D eigenvalue weighted by molar-refractivity contribution is 0.513. The predicted octanol–water partition coefficient (Wildman–Crippen LogP) is 3.54. The molecule has 2 heterocycles. The van der Waals surface area contributed by atoms with Gasteiger partial charge in [-0.05, 0) is 64.7 Å². The average Bonchev–Trinajstić information content (AvgIpc) is 3.06. The summed E-state index contributed by atoms with van der Waals surface area (Å²) in [5, 5.41) is 11.8. The lowest BCUT2D eigenvalue weighted by Gasteiger charge is -2.23. The maximum Gasteiger partial charge on any atom is 0.269 e. The first-order chi connectivity index (χ1) is 11.6. The van der Waals surface area contributed by atoms with Crippen molar-refractivity contribution >= 4 is 11.7 Å². The zero-order chi connectivity index (χ0) is 16.7. The van der Waals surface area contributed by atoms with E-state index in [0.717, 1.165) is 16.8 Å². The van der Waals surface area contributed by atoms with Gasteiger partial charge in [0, 0.05) is 6.42 Å². The topological polar surface area (TPSA) is 56.0 Å². The first kappa shape index (κ1) is 14.7. The van der Waals surface area contributed by atoms with Crippen LogP contribution in [-0.4, -0.2) is 25.9 Å². The summed E-state index contributed by atoms with van der Waals surface area (Å²) in [7, 11) is 0. The quantitative estimate of drug-likeness (QED) is 0.725. The number of aryl methyl sites for hydroxylation is 2. The summed E-state index contributed by atoms with van der Waals surface area (Å²) < 4.78 is 14.9. The summed E-state index contributed by atoms with van der Waals surface area (Å²) in [5.41, 5.74) is 5.43. The molecular formula is C18H16FN5. The number of halogens is 1. The molecule has 0 aliphatic carbocycles. The number of rotatable bonds is 2. The van der Waals surface area contributed by atoms with Crippen LogP contribution in [0, 0.1) is 19.7 Å². The zero-order valence-electron chi connectivity index (χ0n) is 13.4. The van der Waals surface area contributed by atoms with E-state index in [9.17, 15) is 4.39 Å². The van der Waals surface area contributed by atoms with Crippen molar-refractivity contribution in [2.24, 2.45) is 4.99 Å². The van der Waals surface area contributed by atoms with Crippen LogP contribution in [0.4, 0.5) is 10.3 Å². The summed E-state index contributed by atoms with van der Waals surface area (Å²) >= 11 is 0. The minimum Gasteiger partial charge on any atom is -0.214 e. The van der Waals surface area contributed by atoms with E-state index in [0.29, 0.717) is 12.4 Å². The van der Waals surface area contributed by atoms with Gasteiger partial charge in [0.05, 0.1) is 11.8 Å². The molecule has 1 aromatic heterocycles. The number of aliphatic imine (C=N–C) groups is 1. The average molecular weight is 321 g/mol. The fourth-order valence-electron chi connectivity index (χ4n) is 2.95. The van der Waals surface area contributed by atoms with Crippen molar-refractivity contribution in [3.05, 3.63) is 70.5 Å². The molecular weight excluding hydrogens is 305 g/mol. The van der Waals surface area contributed by atoms with E-state index in [1.807, 2.05) is 0 Å². The Morgan fingerprint density at radius 2 is 1.83 bits per heavy atom. The Morgan fingerprint density at radius 1 is 1.04 bits per heavy atom. The standard InChI is InChI=1S/C18H16FN5/c1-11-3-4-14(9-12(11)2)16-10-17(13-5-7-15(19)8-6-13)24-18(20-16)21-22-23-24/h3-9,17H,10H2,1-2H3. The van der Waals surface area contributed by atoms with Crippen LogP contribution in [0.5, 0.6) is 0 Å². The predicted molar refractivity (Wildman–Crippen MR) is 89.1 cm³/mol. The smallest absolute Gasteiger partial charge is 0.214 e. The van der Waals surface area contributed by atoms with E-state index in [4.69, 9.17) is 0 Å². The van der Waals surface area contributed by atoms with Gasteiger partial charge in [-0.2, -0.15) is 0 Å². The van der Waals surface area contributed by atoms with Crippen molar-refractivity contribution in [1.29, 1.82) is 0 Å². The summed E-state index contributed by atoms with van der Waals surface area (Å²) in [6.07, 6.45) is 0.659. The molecule has 0 radical (unpaired) electrons. The van der Waals surface area contributed by atoms with Crippen molar-refractivity contribution in [2.45, 2.75) is 26.3 Å². The Morgan fingerprint density at radius 3 is 2.58 bits per heavy atom. The van der Waals surface area contributed by atoms with E-state index in [1.54, 1.807) is 16.8 Å². The van der Waals surface area contributed by atoms with Gasteiger partial charge in [-0.3, -0.25) is 0 Å². The summed E-state index contributed by atoms with van der Waals surface area (Å²) in [5.74, 6) is 0.221. The molecule has 3 aromatic rings. The highest BCUT2D eigenvalue weighted by molar-refractivity contribution is 6.03. The molecule has 0 spiro atoms. The lowest BCUT2D eigenvalue weighted by atomic mass is 9.94. The van der Waals surface area contributed by atoms with Gasteiger partial charge in [0.2, 0.25) is 0 Å². The fourth-order valence-corrected chi connectivity index (χ4v) is 2.95. The normalized spacial score (nSPS) is 16.6. The van der Waals surface area contributed by atoms with E-state index in [2.05, 4.69) is 52.6 Å². The molecule has 1 unspecified atom stereocenters. The van der Waals surface area contributed by atoms with Crippen LogP contribution in [0.1, 0.15) is 34.7 Å². The second-order valence-corrected chi connectivity index (χ2v) is 6.05. The fraction of sp³-hybridized carbons (Fsp3) is 0.222. The molecule has 5 nitrogen and oxygen atoms in total. The number of benzene rings is 2. The maximum absolute atomic E-state index is 13.2. The van der Waals surface area contributed by atoms with Gasteiger partial charge in [0.1, 0.15) is 5.82 Å². The van der Waals surface area contributed by atoms with Gasteiger partial charge in [0.25, 0.3) is 5.95 Å². The van der Waals surface area contributed by atoms with E-state index >= 15 is 0 Å². The first-order valence-electron chi connectivity index (χ1n) is 7.80. The van der Waals surface area contributed by atoms with Gasteiger partial charge in [-0.25, -0.2) is 14.1 Å². The van der Waals surface area contributed by atoms with Crippen molar-refractivity contribution in [2.75, 3.05) is 0 Å². The number of fused-ring (bicyclic) bond motifs is 1. The van der Waals surface area contributed by atoms with Gasteiger partial charge in [-0.1, -0.05) is 29.4 Å². The van der Waals surface area contributed by atoms with Crippen molar-refractivity contribution in [3.63, 3.8) is 0 Å². The molecule has 0 saturated heterocycles. The van der Waals surface area contributed by atoms with E-state index in [1.165, 1.54) is 23.3 Å². The van der Waals surface area contributed by atoms with Crippen LogP contribution in [-0.2, 0) is 0 Å². The molecule has 1 aliphatic heterocycles. The summed E-state index contributed by atoms with van der Waals surface area (Å²) in [6.45, 7) is 4.17. The molecule has 0 bridgehead atoms. The summed E-state index contributed by atoms with van der Waals surface area (Å²) in [4.78, 5) is 4.61. The largest absolute Gasteiger partial charge is 0.269 e. The highest BCUT2D eigenvalue weighted by atomic mass is 19.1. The zero-order valence-corrected chi connectivity index (χ0v) is 13.4. The third-order valence-electron chi connectivity index (χ3n) is 4.49.